The van der Waals surface area contributed by atoms with Gasteiger partial charge in [0.25, 0.3) is 11.5 Å². The van der Waals surface area contributed by atoms with E-state index in [1.165, 1.54) is 10.6 Å². The maximum Gasteiger partial charge on any atom is 0.257 e. The first-order chi connectivity index (χ1) is 8.06. The summed E-state index contributed by atoms with van der Waals surface area (Å²) in [5.74, 6) is 0.244. The van der Waals surface area contributed by atoms with Crippen molar-refractivity contribution in [2.45, 2.75) is 6.92 Å². The molecule has 0 radical (unpaired) electrons. The van der Waals surface area contributed by atoms with Gasteiger partial charge < -0.3 is 4.57 Å². The number of rotatable bonds is 2. The molecule has 0 aliphatic carbocycles. The summed E-state index contributed by atoms with van der Waals surface area (Å²) in [5.41, 5.74) is 0.0760. The number of aromatic nitrogens is 3. The number of hydrogen-bond donors (Lipinski definition) is 1. The van der Waals surface area contributed by atoms with Crippen LogP contribution >= 0.6 is 11.5 Å². The van der Waals surface area contributed by atoms with E-state index in [1.807, 2.05) is 0 Å². The zero-order valence-electron chi connectivity index (χ0n) is 9.30. The van der Waals surface area contributed by atoms with E-state index < -0.39 is 0 Å². The highest BCUT2D eigenvalue weighted by Crippen LogP contribution is 2.11. The largest absolute Gasteiger partial charge is 0.319 e. The Kier molecular flexibility index (Phi) is 3.01. The van der Waals surface area contributed by atoms with Gasteiger partial charge in [-0.05, 0) is 13.0 Å². The lowest BCUT2D eigenvalue weighted by molar-refractivity contribution is 0.102. The van der Waals surface area contributed by atoms with Crippen LogP contribution in [0.5, 0.6) is 0 Å². The molecule has 88 valence electrons. The lowest BCUT2D eigenvalue weighted by Crippen LogP contribution is -2.19. The van der Waals surface area contributed by atoms with Crippen molar-refractivity contribution in [2.75, 3.05) is 5.32 Å². The third-order valence-electron chi connectivity index (χ3n) is 2.11. The SMILES string of the molecule is Cc1nsc(NC(=O)c2ccn(C)c(=O)c2)n1. The van der Waals surface area contributed by atoms with Gasteiger partial charge in [-0.2, -0.15) is 4.37 Å². The number of nitrogens with one attached hydrogen (secondary N) is 1. The molecule has 0 bridgehead atoms. The van der Waals surface area contributed by atoms with Gasteiger partial charge in [0.15, 0.2) is 0 Å². The Bertz CT molecular complexity index is 617. The predicted octanol–water partition coefficient (Wildman–Crippen LogP) is 0.798. The number of carbonyl (C=O) groups is 1. The van der Waals surface area contributed by atoms with Crippen LogP contribution in [0.1, 0.15) is 16.2 Å². The van der Waals surface area contributed by atoms with E-state index in [-0.39, 0.29) is 11.5 Å². The van der Waals surface area contributed by atoms with Crippen LogP contribution in [0.2, 0.25) is 0 Å². The van der Waals surface area contributed by atoms with Crippen molar-refractivity contribution in [3.63, 3.8) is 0 Å². The topological polar surface area (TPSA) is 76.9 Å². The average molecular weight is 250 g/mol. The maximum absolute atomic E-state index is 11.8. The third-order valence-corrected chi connectivity index (χ3v) is 2.84. The van der Waals surface area contributed by atoms with Crippen LogP contribution in [0.15, 0.2) is 23.1 Å². The molecular formula is C10H10N4O2S. The molecule has 0 saturated heterocycles. The molecule has 17 heavy (non-hydrogen) atoms. The first-order valence-electron chi connectivity index (χ1n) is 4.84. The van der Waals surface area contributed by atoms with Crippen LogP contribution in [0.3, 0.4) is 0 Å². The highest BCUT2D eigenvalue weighted by atomic mass is 32.1. The lowest BCUT2D eigenvalue weighted by atomic mass is 10.2. The Balaban J connectivity index is 2.20. The maximum atomic E-state index is 11.8. The number of amides is 1. The van der Waals surface area contributed by atoms with Gasteiger partial charge in [0, 0.05) is 36.4 Å². The minimum atomic E-state index is -0.362. The van der Waals surface area contributed by atoms with Crippen molar-refractivity contribution in [1.82, 2.24) is 13.9 Å². The van der Waals surface area contributed by atoms with Gasteiger partial charge in [0.1, 0.15) is 5.82 Å². The fourth-order valence-corrected chi connectivity index (χ4v) is 1.78. The molecular weight excluding hydrogens is 240 g/mol. The van der Waals surface area contributed by atoms with Gasteiger partial charge in [-0.3, -0.25) is 14.9 Å². The molecule has 2 heterocycles. The normalized spacial score (nSPS) is 10.2. The molecule has 1 N–H and O–H groups in total. The lowest BCUT2D eigenvalue weighted by Gasteiger charge is -2.01. The second-order valence-electron chi connectivity index (χ2n) is 3.47. The molecule has 0 fully saturated rings. The smallest absolute Gasteiger partial charge is 0.257 e. The Hall–Kier alpha value is -2.02. The first kappa shape index (κ1) is 11.5. The Labute approximate surface area is 101 Å². The fourth-order valence-electron chi connectivity index (χ4n) is 1.21. The van der Waals surface area contributed by atoms with Crippen molar-refractivity contribution >= 4 is 22.6 Å². The number of pyridine rings is 1. The van der Waals surface area contributed by atoms with Crippen LogP contribution < -0.4 is 10.9 Å². The van der Waals surface area contributed by atoms with Gasteiger partial charge in [0.2, 0.25) is 5.13 Å². The van der Waals surface area contributed by atoms with Gasteiger partial charge in [0.05, 0.1) is 0 Å². The van der Waals surface area contributed by atoms with Gasteiger partial charge in [-0.15, -0.1) is 0 Å². The van der Waals surface area contributed by atoms with Crippen LogP contribution in [-0.4, -0.2) is 19.8 Å². The fraction of sp³-hybridized carbons (Fsp3) is 0.200. The highest BCUT2D eigenvalue weighted by molar-refractivity contribution is 7.09. The molecule has 0 saturated carbocycles. The van der Waals surface area contributed by atoms with Crippen molar-refractivity contribution < 1.29 is 4.79 Å². The predicted molar refractivity (Wildman–Crippen MR) is 64.3 cm³/mol. The Morgan fingerprint density at radius 2 is 2.29 bits per heavy atom. The zero-order chi connectivity index (χ0) is 12.4. The minimum Gasteiger partial charge on any atom is -0.319 e. The van der Waals surface area contributed by atoms with Crippen LogP contribution in [0.25, 0.3) is 0 Å². The summed E-state index contributed by atoms with van der Waals surface area (Å²) in [6.45, 7) is 1.74. The monoisotopic (exact) mass is 250 g/mol. The molecule has 0 unspecified atom stereocenters. The summed E-state index contributed by atoms with van der Waals surface area (Å²) < 4.78 is 5.34. The second kappa shape index (κ2) is 4.46. The van der Waals surface area contributed by atoms with E-state index >= 15 is 0 Å². The van der Waals surface area contributed by atoms with Gasteiger partial charge in [-0.25, -0.2) is 4.98 Å². The molecule has 2 rings (SSSR count). The van der Waals surface area contributed by atoms with E-state index in [0.717, 1.165) is 11.5 Å². The molecule has 0 atom stereocenters. The summed E-state index contributed by atoms with van der Waals surface area (Å²) in [6, 6.07) is 2.86. The van der Waals surface area contributed by atoms with E-state index in [2.05, 4.69) is 14.7 Å². The van der Waals surface area contributed by atoms with Crippen LogP contribution in [0, 0.1) is 6.92 Å². The van der Waals surface area contributed by atoms with Gasteiger partial charge >= 0.3 is 0 Å². The van der Waals surface area contributed by atoms with Crippen molar-refractivity contribution in [1.29, 1.82) is 0 Å². The summed E-state index contributed by atoms with van der Waals surface area (Å²) in [5, 5.41) is 3.01. The molecule has 2 aromatic rings. The average Bonchev–Trinajstić information content (AvgIpc) is 2.68. The van der Waals surface area contributed by atoms with Crippen molar-refractivity contribution in [2.24, 2.45) is 7.05 Å². The van der Waals surface area contributed by atoms with E-state index in [4.69, 9.17) is 0 Å². The number of hydrogen-bond acceptors (Lipinski definition) is 5. The third kappa shape index (κ3) is 2.56. The summed E-state index contributed by atoms with van der Waals surface area (Å²) in [4.78, 5) is 27.1. The molecule has 0 spiro atoms. The van der Waals surface area contributed by atoms with E-state index in [9.17, 15) is 9.59 Å². The molecule has 6 nitrogen and oxygen atoms in total. The van der Waals surface area contributed by atoms with Crippen molar-refractivity contribution in [3.05, 3.63) is 40.1 Å². The Morgan fingerprint density at radius 1 is 1.53 bits per heavy atom. The minimum absolute atomic E-state index is 0.230. The Morgan fingerprint density at radius 3 is 2.88 bits per heavy atom. The van der Waals surface area contributed by atoms with Gasteiger partial charge in [-0.1, -0.05) is 0 Å². The zero-order valence-corrected chi connectivity index (χ0v) is 10.1. The number of carbonyl (C=O) groups excluding carboxylic acids is 1. The van der Waals surface area contributed by atoms with Crippen LogP contribution in [0.4, 0.5) is 5.13 Å². The molecule has 2 aromatic heterocycles. The number of aryl methyl sites for hydroxylation is 2. The standard InChI is InChI=1S/C10H10N4O2S/c1-6-11-10(17-13-6)12-9(16)7-3-4-14(2)8(15)5-7/h3-5H,1-2H3,(H,11,12,13,16). The number of nitrogens with zero attached hydrogens (tertiary/aromatic N) is 3. The summed E-state index contributed by atoms with van der Waals surface area (Å²) in [6.07, 6.45) is 1.54. The summed E-state index contributed by atoms with van der Waals surface area (Å²) >= 11 is 1.10. The molecule has 0 aromatic carbocycles. The number of anilines is 1. The summed E-state index contributed by atoms with van der Waals surface area (Å²) in [7, 11) is 1.62. The highest BCUT2D eigenvalue weighted by Gasteiger charge is 2.09. The molecule has 7 heteroatoms. The molecule has 0 aliphatic heterocycles. The van der Waals surface area contributed by atoms with Crippen molar-refractivity contribution in [3.8, 4) is 0 Å². The second-order valence-corrected chi connectivity index (χ2v) is 4.22. The van der Waals surface area contributed by atoms with Crippen LogP contribution in [-0.2, 0) is 7.05 Å². The quantitative estimate of drug-likeness (QED) is 0.855. The molecule has 0 aliphatic rings. The molecule has 1 amide bonds. The van der Waals surface area contributed by atoms with E-state index in [0.29, 0.717) is 16.5 Å². The first-order valence-corrected chi connectivity index (χ1v) is 5.62. The van der Waals surface area contributed by atoms with E-state index in [1.54, 1.807) is 26.2 Å².